The van der Waals surface area contributed by atoms with Gasteiger partial charge >= 0.3 is 0 Å². The molecule has 4 atom stereocenters. The van der Waals surface area contributed by atoms with E-state index in [1.54, 1.807) is 0 Å². The molecular weight excluding hydrogens is 228 g/mol. The Labute approximate surface area is 92.0 Å². The van der Waals surface area contributed by atoms with Crippen LogP contribution in [0, 0.1) is 0 Å². The summed E-state index contributed by atoms with van der Waals surface area (Å²) >= 11 is 5.40. The molecule has 0 radical (unpaired) electrons. The van der Waals surface area contributed by atoms with Gasteiger partial charge in [-0.1, -0.05) is 0 Å². The molecular formula is C8H15ClO6. The van der Waals surface area contributed by atoms with E-state index in [4.69, 9.17) is 26.2 Å². The quantitative estimate of drug-likeness (QED) is 0.428. The molecule has 0 spiro atoms. The van der Waals surface area contributed by atoms with Crippen LogP contribution in [0.5, 0.6) is 0 Å². The van der Waals surface area contributed by atoms with Gasteiger partial charge in [-0.3, -0.25) is 0 Å². The Balaban J connectivity index is 2.71. The van der Waals surface area contributed by atoms with Gasteiger partial charge in [-0.2, -0.15) is 0 Å². The van der Waals surface area contributed by atoms with Gasteiger partial charge in [0.05, 0.1) is 13.2 Å². The van der Waals surface area contributed by atoms with Crippen molar-refractivity contribution >= 4 is 11.6 Å². The molecule has 1 rings (SSSR count). The van der Waals surface area contributed by atoms with Crippen molar-refractivity contribution < 1.29 is 29.9 Å². The monoisotopic (exact) mass is 242 g/mol. The Hall–Kier alpha value is 0.0500. The highest BCUT2D eigenvalue weighted by Crippen LogP contribution is 2.27. The number of ether oxygens (including phenoxy) is 2. The fourth-order valence-electron chi connectivity index (χ4n) is 1.40. The zero-order valence-electron chi connectivity index (χ0n) is 8.04. The number of halogens is 1. The Morgan fingerprint density at radius 3 is 2.60 bits per heavy atom. The van der Waals surface area contributed by atoms with E-state index >= 15 is 0 Å². The normalized spacial score (nSPS) is 41.8. The molecule has 6 nitrogen and oxygen atoms in total. The van der Waals surface area contributed by atoms with Crippen molar-refractivity contribution in [3.8, 4) is 0 Å². The average molecular weight is 243 g/mol. The Morgan fingerprint density at radius 2 is 2.07 bits per heavy atom. The molecule has 1 fully saturated rings. The maximum Gasteiger partial charge on any atom is 0.221 e. The van der Waals surface area contributed by atoms with Crippen molar-refractivity contribution in [3.63, 3.8) is 0 Å². The van der Waals surface area contributed by atoms with E-state index in [0.717, 1.165) is 0 Å². The second-order valence-corrected chi connectivity index (χ2v) is 3.70. The number of aliphatic hydroxyl groups is 4. The minimum Gasteiger partial charge on any atom is -0.391 e. The van der Waals surface area contributed by atoms with Gasteiger partial charge in [0.25, 0.3) is 0 Å². The van der Waals surface area contributed by atoms with Crippen LogP contribution in [-0.2, 0) is 9.47 Å². The van der Waals surface area contributed by atoms with Gasteiger partial charge in [0.15, 0.2) is 0 Å². The van der Waals surface area contributed by atoms with Crippen molar-refractivity contribution in [1.29, 1.82) is 0 Å². The van der Waals surface area contributed by atoms with Crippen LogP contribution in [0.1, 0.15) is 0 Å². The first-order valence-electron chi connectivity index (χ1n) is 4.56. The number of aliphatic hydroxyl groups excluding tert-OH is 4. The average Bonchev–Trinajstić information content (AvgIpc) is 2.26. The fourth-order valence-corrected chi connectivity index (χ4v) is 1.48. The molecule has 4 N–H and O–H groups in total. The maximum absolute atomic E-state index is 9.62. The van der Waals surface area contributed by atoms with E-state index in [9.17, 15) is 15.3 Å². The fraction of sp³-hybridized carbons (Fsp3) is 1.00. The van der Waals surface area contributed by atoms with Crippen molar-refractivity contribution in [1.82, 2.24) is 0 Å². The van der Waals surface area contributed by atoms with E-state index in [2.05, 4.69) is 0 Å². The summed E-state index contributed by atoms with van der Waals surface area (Å²) in [6.07, 6.45) is -4.13. The highest BCUT2D eigenvalue weighted by molar-refractivity contribution is 6.17. The lowest BCUT2D eigenvalue weighted by molar-refractivity contribution is -0.347. The SMILES string of the molecule is OCC1(OCCCl)OCC(O)C(O)C1O. The van der Waals surface area contributed by atoms with E-state index in [1.165, 1.54) is 0 Å². The molecule has 1 saturated heterocycles. The van der Waals surface area contributed by atoms with E-state index in [1.807, 2.05) is 0 Å². The summed E-state index contributed by atoms with van der Waals surface area (Å²) in [5.74, 6) is -1.54. The van der Waals surface area contributed by atoms with Gasteiger partial charge in [0.2, 0.25) is 5.79 Å². The molecule has 0 aromatic heterocycles. The van der Waals surface area contributed by atoms with Crippen molar-refractivity contribution in [3.05, 3.63) is 0 Å². The van der Waals surface area contributed by atoms with Crippen LogP contribution in [0.25, 0.3) is 0 Å². The molecule has 0 aliphatic carbocycles. The molecule has 0 aromatic carbocycles. The standard InChI is InChI=1S/C8H15ClO6/c9-1-2-14-8(4-10)7(13)6(12)5(11)3-15-8/h5-7,10-13H,1-4H2. The first-order chi connectivity index (χ1) is 7.07. The smallest absolute Gasteiger partial charge is 0.221 e. The van der Waals surface area contributed by atoms with Crippen LogP contribution in [0.2, 0.25) is 0 Å². The van der Waals surface area contributed by atoms with Crippen molar-refractivity contribution in [2.45, 2.75) is 24.1 Å². The molecule has 90 valence electrons. The second-order valence-electron chi connectivity index (χ2n) is 3.32. The first-order valence-corrected chi connectivity index (χ1v) is 5.10. The van der Waals surface area contributed by atoms with Crippen LogP contribution >= 0.6 is 11.6 Å². The van der Waals surface area contributed by atoms with Gasteiger partial charge in [-0.05, 0) is 0 Å². The van der Waals surface area contributed by atoms with Crippen LogP contribution in [0.3, 0.4) is 0 Å². The molecule has 1 heterocycles. The van der Waals surface area contributed by atoms with Gasteiger partial charge < -0.3 is 29.9 Å². The summed E-state index contributed by atoms with van der Waals surface area (Å²) in [6.45, 7) is -0.794. The molecule has 1 aliphatic heterocycles. The van der Waals surface area contributed by atoms with Crippen LogP contribution in [0.15, 0.2) is 0 Å². The lowest BCUT2D eigenvalue weighted by Gasteiger charge is -2.43. The second kappa shape index (κ2) is 5.40. The van der Waals surface area contributed by atoms with Crippen molar-refractivity contribution in [2.24, 2.45) is 0 Å². The van der Waals surface area contributed by atoms with Gasteiger partial charge in [-0.15, -0.1) is 11.6 Å². The minimum atomic E-state index is -1.70. The molecule has 7 heteroatoms. The molecule has 0 bridgehead atoms. The third-order valence-corrected chi connectivity index (χ3v) is 2.46. The lowest BCUT2D eigenvalue weighted by Crippen LogP contribution is -2.63. The topological polar surface area (TPSA) is 99.4 Å². The van der Waals surface area contributed by atoms with E-state index in [-0.39, 0.29) is 19.1 Å². The molecule has 4 unspecified atom stereocenters. The van der Waals surface area contributed by atoms with Crippen LogP contribution < -0.4 is 0 Å². The van der Waals surface area contributed by atoms with E-state index < -0.39 is 30.7 Å². The third kappa shape index (κ3) is 2.59. The molecule has 15 heavy (non-hydrogen) atoms. The number of hydrogen-bond donors (Lipinski definition) is 4. The summed E-state index contributed by atoms with van der Waals surface area (Å²) in [4.78, 5) is 0. The van der Waals surface area contributed by atoms with Crippen LogP contribution in [-0.4, -0.2) is 70.2 Å². The third-order valence-electron chi connectivity index (χ3n) is 2.31. The minimum absolute atomic E-state index is 0.0575. The zero-order valence-corrected chi connectivity index (χ0v) is 8.80. The highest BCUT2D eigenvalue weighted by atomic mass is 35.5. The predicted octanol–water partition coefficient (Wildman–Crippen LogP) is -1.96. The lowest BCUT2D eigenvalue weighted by atomic mass is 9.97. The number of hydrogen-bond acceptors (Lipinski definition) is 6. The van der Waals surface area contributed by atoms with Gasteiger partial charge in [0, 0.05) is 5.88 Å². The van der Waals surface area contributed by atoms with Gasteiger partial charge in [0.1, 0.15) is 24.9 Å². The Bertz CT molecular complexity index is 200. The van der Waals surface area contributed by atoms with Gasteiger partial charge in [-0.25, -0.2) is 0 Å². The molecule has 0 aromatic rings. The zero-order chi connectivity index (χ0) is 11.5. The molecule has 1 aliphatic rings. The summed E-state index contributed by atoms with van der Waals surface area (Å²) in [5.41, 5.74) is 0. The number of rotatable bonds is 4. The van der Waals surface area contributed by atoms with Crippen molar-refractivity contribution in [2.75, 3.05) is 25.7 Å². The number of alkyl halides is 1. The maximum atomic E-state index is 9.62. The molecule has 0 amide bonds. The summed E-state index contributed by atoms with van der Waals surface area (Å²) in [7, 11) is 0. The summed E-state index contributed by atoms with van der Waals surface area (Å²) in [5, 5.41) is 37.3. The Kier molecular flexibility index (Phi) is 4.72. The summed E-state index contributed by atoms with van der Waals surface area (Å²) < 4.78 is 10.1. The first kappa shape index (κ1) is 13.1. The highest BCUT2D eigenvalue weighted by Gasteiger charge is 2.50. The molecule has 0 saturated carbocycles. The van der Waals surface area contributed by atoms with E-state index in [0.29, 0.717) is 0 Å². The predicted molar refractivity (Wildman–Crippen MR) is 50.5 cm³/mol. The Morgan fingerprint density at radius 1 is 1.40 bits per heavy atom. The largest absolute Gasteiger partial charge is 0.391 e. The summed E-state index contributed by atoms with van der Waals surface area (Å²) in [6, 6.07) is 0. The van der Waals surface area contributed by atoms with Crippen LogP contribution in [0.4, 0.5) is 0 Å².